The predicted molar refractivity (Wildman–Crippen MR) is 81.7 cm³/mol. The molecule has 0 spiro atoms. The Morgan fingerprint density at radius 2 is 2.24 bits per heavy atom. The van der Waals surface area contributed by atoms with E-state index in [1.165, 1.54) is 15.1 Å². The fourth-order valence-electron chi connectivity index (χ4n) is 2.42. The van der Waals surface area contributed by atoms with Crippen molar-refractivity contribution in [2.45, 2.75) is 17.4 Å². The first kappa shape index (κ1) is 12.8. The van der Waals surface area contributed by atoms with Gasteiger partial charge in [-0.2, -0.15) is 0 Å². The maximum absolute atomic E-state index is 6.13. The summed E-state index contributed by atoms with van der Waals surface area (Å²) < 4.78 is 1.42. The van der Waals surface area contributed by atoms with Crippen molar-refractivity contribution in [3.05, 3.63) is 40.9 Å². The van der Waals surface area contributed by atoms with Crippen LogP contribution < -0.4 is 5.32 Å². The minimum absolute atomic E-state index is 0.196. The van der Waals surface area contributed by atoms with Crippen LogP contribution in [0, 0.1) is 0 Å². The second-order valence-corrected chi connectivity index (χ2v) is 6.33. The summed E-state index contributed by atoms with van der Waals surface area (Å²) in [5.74, 6) is 1.82. The van der Waals surface area contributed by atoms with E-state index in [1.54, 1.807) is 0 Å². The molecular weight excluding hydrogens is 308 g/mol. The van der Waals surface area contributed by atoms with Crippen LogP contribution in [0.4, 0.5) is 5.82 Å². The van der Waals surface area contributed by atoms with Crippen LogP contribution in [-0.2, 0) is 0 Å². The van der Waals surface area contributed by atoms with Crippen LogP contribution in [0.5, 0.6) is 0 Å². The topological polar surface area (TPSA) is 68.0 Å². The first-order chi connectivity index (χ1) is 10.3. The van der Waals surface area contributed by atoms with Crippen LogP contribution in [0.3, 0.4) is 0 Å². The molecule has 1 atom stereocenters. The van der Waals surface area contributed by atoms with Gasteiger partial charge in [0.25, 0.3) is 0 Å². The molecule has 1 aliphatic rings. The standard InChI is InChI=1S/C13H11ClN6S/c14-8-1-2-11-9(7-8)10(5-6-21-11)15-12-3-4-13-16-18-19-20(13)17-12/h1-4,7,10H,5-6H2,(H,15,17)/t10-/m1/s1. The number of aromatic nitrogens is 5. The number of tetrazole rings is 1. The Hall–Kier alpha value is -1.86. The van der Waals surface area contributed by atoms with Crippen molar-refractivity contribution < 1.29 is 0 Å². The number of fused-ring (bicyclic) bond motifs is 2. The van der Waals surface area contributed by atoms with Crippen LogP contribution >= 0.6 is 23.4 Å². The zero-order valence-corrected chi connectivity index (χ0v) is 12.5. The molecule has 0 unspecified atom stereocenters. The van der Waals surface area contributed by atoms with Gasteiger partial charge in [0.15, 0.2) is 5.65 Å². The minimum atomic E-state index is 0.196. The number of hydrogen-bond donors (Lipinski definition) is 1. The molecule has 6 nitrogen and oxygen atoms in total. The molecule has 1 N–H and O–H groups in total. The third kappa shape index (κ3) is 2.43. The summed E-state index contributed by atoms with van der Waals surface area (Å²) >= 11 is 7.98. The van der Waals surface area contributed by atoms with E-state index >= 15 is 0 Å². The largest absolute Gasteiger partial charge is 0.362 e. The second-order valence-electron chi connectivity index (χ2n) is 4.76. The third-order valence-electron chi connectivity index (χ3n) is 3.40. The molecular formula is C13H11ClN6S. The Bertz CT molecular complexity index is 804. The summed E-state index contributed by atoms with van der Waals surface area (Å²) in [6.45, 7) is 0. The van der Waals surface area contributed by atoms with E-state index in [0.717, 1.165) is 23.0 Å². The molecule has 2 aromatic heterocycles. The summed E-state index contributed by atoms with van der Waals surface area (Å²) in [4.78, 5) is 1.27. The molecule has 0 radical (unpaired) electrons. The first-order valence-corrected chi connectivity index (χ1v) is 7.90. The van der Waals surface area contributed by atoms with Crippen molar-refractivity contribution in [3.8, 4) is 0 Å². The number of thioether (sulfide) groups is 1. The number of anilines is 1. The van der Waals surface area contributed by atoms with Crippen LogP contribution in [0.15, 0.2) is 35.2 Å². The fraction of sp³-hybridized carbons (Fsp3) is 0.231. The van der Waals surface area contributed by atoms with Crippen molar-refractivity contribution in [2.75, 3.05) is 11.1 Å². The highest BCUT2D eigenvalue weighted by molar-refractivity contribution is 7.99. The van der Waals surface area contributed by atoms with Crippen molar-refractivity contribution in [2.24, 2.45) is 0 Å². The van der Waals surface area contributed by atoms with Gasteiger partial charge in [-0.15, -0.1) is 26.6 Å². The lowest BCUT2D eigenvalue weighted by Crippen LogP contribution is -2.17. The monoisotopic (exact) mass is 318 g/mol. The minimum Gasteiger partial charge on any atom is -0.362 e. The zero-order valence-electron chi connectivity index (χ0n) is 10.9. The van der Waals surface area contributed by atoms with E-state index in [0.29, 0.717) is 5.65 Å². The quantitative estimate of drug-likeness (QED) is 0.783. The Labute approximate surface area is 129 Å². The summed E-state index contributed by atoms with van der Waals surface area (Å²) in [7, 11) is 0. The van der Waals surface area contributed by atoms with Gasteiger partial charge in [0.05, 0.1) is 6.04 Å². The highest BCUT2D eigenvalue weighted by Gasteiger charge is 2.21. The Morgan fingerprint density at radius 3 is 3.19 bits per heavy atom. The highest BCUT2D eigenvalue weighted by atomic mass is 35.5. The molecule has 3 aromatic rings. The molecule has 1 aliphatic heterocycles. The summed E-state index contributed by atoms with van der Waals surface area (Å²) in [6.07, 6.45) is 1.02. The van der Waals surface area contributed by atoms with Crippen LogP contribution in [0.25, 0.3) is 5.65 Å². The van der Waals surface area contributed by atoms with Crippen molar-refractivity contribution in [1.29, 1.82) is 0 Å². The lowest BCUT2D eigenvalue weighted by atomic mass is 10.0. The lowest BCUT2D eigenvalue weighted by molar-refractivity contribution is 0.698. The molecule has 0 fully saturated rings. The van der Waals surface area contributed by atoms with Gasteiger partial charge in [-0.25, -0.2) is 0 Å². The molecule has 8 heteroatoms. The number of rotatable bonds is 2. The molecule has 0 amide bonds. The van der Waals surface area contributed by atoms with E-state index in [-0.39, 0.29) is 6.04 Å². The van der Waals surface area contributed by atoms with Gasteiger partial charge in [0.2, 0.25) is 0 Å². The highest BCUT2D eigenvalue weighted by Crippen LogP contribution is 2.38. The molecule has 3 heterocycles. The molecule has 4 rings (SSSR count). The SMILES string of the molecule is Clc1ccc2c(c1)[C@H](Nc1ccc3nnnn3n1)CCS2. The number of benzene rings is 1. The maximum Gasteiger partial charge on any atom is 0.200 e. The summed E-state index contributed by atoms with van der Waals surface area (Å²) in [5.41, 5.74) is 1.85. The summed E-state index contributed by atoms with van der Waals surface area (Å²) in [5, 5.41) is 19.8. The fourth-order valence-corrected chi connectivity index (χ4v) is 3.71. The van der Waals surface area contributed by atoms with Gasteiger partial charge in [0.1, 0.15) is 5.82 Å². The molecule has 0 aliphatic carbocycles. The van der Waals surface area contributed by atoms with Gasteiger partial charge in [-0.3, -0.25) is 0 Å². The molecule has 106 valence electrons. The summed E-state index contributed by atoms with van der Waals surface area (Å²) in [6, 6.07) is 9.95. The van der Waals surface area contributed by atoms with Gasteiger partial charge in [-0.1, -0.05) is 11.6 Å². The molecule has 0 saturated carbocycles. The van der Waals surface area contributed by atoms with Crippen molar-refractivity contribution in [1.82, 2.24) is 25.3 Å². The van der Waals surface area contributed by atoms with Crippen molar-refractivity contribution in [3.63, 3.8) is 0 Å². The van der Waals surface area contributed by atoms with Gasteiger partial charge in [0, 0.05) is 15.7 Å². The Morgan fingerprint density at radius 1 is 1.29 bits per heavy atom. The lowest BCUT2D eigenvalue weighted by Gasteiger charge is -2.26. The number of halogens is 1. The molecule has 0 saturated heterocycles. The first-order valence-electron chi connectivity index (χ1n) is 6.54. The van der Waals surface area contributed by atoms with Crippen molar-refractivity contribution >= 4 is 34.8 Å². The maximum atomic E-state index is 6.13. The predicted octanol–water partition coefficient (Wildman–Crippen LogP) is 2.82. The van der Waals surface area contributed by atoms with Crippen LogP contribution in [-0.4, -0.2) is 31.0 Å². The van der Waals surface area contributed by atoms with E-state index in [1.807, 2.05) is 36.0 Å². The number of nitrogens with zero attached hydrogens (tertiary/aromatic N) is 5. The Kier molecular flexibility index (Phi) is 3.16. The average Bonchev–Trinajstić information content (AvgIpc) is 2.95. The van der Waals surface area contributed by atoms with E-state index < -0.39 is 0 Å². The van der Waals surface area contributed by atoms with E-state index in [2.05, 4.69) is 32.0 Å². The number of nitrogens with one attached hydrogen (secondary N) is 1. The molecule has 21 heavy (non-hydrogen) atoms. The zero-order chi connectivity index (χ0) is 14.2. The third-order valence-corrected chi connectivity index (χ3v) is 4.76. The smallest absolute Gasteiger partial charge is 0.200 e. The number of hydrogen-bond acceptors (Lipinski definition) is 6. The average molecular weight is 319 g/mol. The van der Waals surface area contributed by atoms with Gasteiger partial charge >= 0.3 is 0 Å². The van der Waals surface area contributed by atoms with E-state index in [9.17, 15) is 0 Å². The Balaban J connectivity index is 1.67. The van der Waals surface area contributed by atoms with Crippen LogP contribution in [0.1, 0.15) is 18.0 Å². The molecule has 0 bridgehead atoms. The van der Waals surface area contributed by atoms with E-state index in [4.69, 9.17) is 11.6 Å². The second kappa shape index (κ2) is 5.16. The van der Waals surface area contributed by atoms with Gasteiger partial charge < -0.3 is 5.32 Å². The van der Waals surface area contributed by atoms with Crippen LogP contribution in [0.2, 0.25) is 5.02 Å². The van der Waals surface area contributed by atoms with Gasteiger partial charge in [-0.05, 0) is 52.7 Å². The molecule has 1 aromatic carbocycles. The normalized spacial score (nSPS) is 17.7.